The van der Waals surface area contributed by atoms with Gasteiger partial charge in [-0.1, -0.05) is 24.3 Å². The Bertz CT molecular complexity index is 1290. The van der Waals surface area contributed by atoms with Gasteiger partial charge >= 0.3 is 6.03 Å². The van der Waals surface area contributed by atoms with E-state index in [9.17, 15) is 9.59 Å². The van der Waals surface area contributed by atoms with Crippen LogP contribution in [0.1, 0.15) is 27.5 Å². The minimum Gasteiger partial charge on any atom is -0.369 e. The van der Waals surface area contributed by atoms with E-state index in [2.05, 4.69) is 44.1 Å². The highest BCUT2D eigenvalue weighted by Gasteiger charge is 2.44. The molecule has 1 aliphatic carbocycles. The number of azo groups is 1. The van der Waals surface area contributed by atoms with E-state index in [4.69, 9.17) is 5.73 Å². The first kappa shape index (κ1) is 23.8. The van der Waals surface area contributed by atoms with Crippen LogP contribution in [0.15, 0.2) is 58.3 Å². The van der Waals surface area contributed by atoms with Gasteiger partial charge in [0, 0.05) is 63.6 Å². The lowest BCUT2D eigenvalue weighted by molar-refractivity contribution is 0.103. The van der Waals surface area contributed by atoms with Crippen molar-refractivity contribution in [1.82, 2.24) is 14.8 Å². The van der Waals surface area contributed by atoms with Crippen molar-refractivity contribution in [3.8, 4) is 0 Å². The Morgan fingerprint density at radius 3 is 2.22 bits per heavy atom. The molecule has 0 spiro atoms. The lowest BCUT2D eigenvalue weighted by Gasteiger charge is -2.39. The largest absolute Gasteiger partial charge is 0.369 e. The smallest absolute Gasteiger partial charge is 0.334 e. The third kappa shape index (κ3) is 4.11. The second-order valence-electron chi connectivity index (χ2n) is 10.2. The topological polar surface area (TPSA) is 101 Å². The zero-order chi connectivity index (χ0) is 25.7. The number of fused-ring (bicyclic) bond motifs is 3. The molecule has 4 aliphatic rings. The van der Waals surface area contributed by atoms with Crippen LogP contribution in [0.3, 0.4) is 0 Å². The molecule has 1 unspecified atom stereocenters. The van der Waals surface area contributed by atoms with Crippen LogP contribution in [0.2, 0.25) is 0 Å². The molecule has 2 amide bonds. The van der Waals surface area contributed by atoms with E-state index >= 15 is 0 Å². The van der Waals surface area contributed by atoms with Gasteiger partial charge in [0.1, 0.15) is 11.7 Å². The Kier molecular flexibility index (Phi) is 6.02. The molecule has 3 heterocycles. The van der Waals surface area contributed by atoms with Crippen molar-refractivity contribution in [3.05, 3.63) is 64.7 Å². The second-order valence-corrected chi connectivity index (χ2v) is 10.2. The van der Waals surface area contributed by atoms with Gasteiger partial charge in [-0.3, -0.25) is 4.79 Å². The van der Waals surface area contributed by atoms with Gasteiger partial charge < -0.3 is 20.4 Å². The summed E-state index contributed by atoms with van der Waals surface area (Å²) in [6.45, 7) is 6.97. The number of anilines is 2. The number of piperazine rings is 2. The molecule has 0 aromatic heterocycles. The molecule has 0 bridgehead atoms. The summed E-state index contributed by atoms with van der Waals surface area (Å²) in [5.74, 6) is -0.140. The first-order valence-electron chi connectivity index (χ1n) is 12.8. The molecule has 2 fully saturated rings. The summed E-state index contributed by atoms with van der Waals surface area (Å²) < 4.78 is 0. The number of nitrogens with two attached hydrogens (primary N) is 1. The van der Waals surface area contributed by atoms with Crippen LogP contribution in [0.25, 0.3) is 5.70 Å². The Hall–Kier alpha value is -3.60. The molecule has 0 saturated carbocycles. The number of benzene rings is 2. The van der Waals surface area contributed by atoms with Gasteiger partial charge in [0.15, 0.2) is 5.78 Å². The highest BCUT2D eigenvalue weighted by molar-refractivity contribution is 6.22. The van der Waals surface area contributed by atoms with Crippen LogP contribution in [0, 0.1) is 0 Å². The van der Waals surface area contributed by atoms with E-state index in [1.807, 2.05) is 36.3 Å². The maximum Gasteiger partial charge on any atom is 0.334 e. The Balaban J connectivity index is 1.32. The molecule has 2 aromatic carbocycles. The maximum absolute atomic E-state index is 13.9. The molecular weight excluding hydrogens is 468 g/mol. The number of rotatable bonds is 4. The minimum atomic E-state index is -0.599. The van der Waals surface area contributed by atoms with Crippen molar-refractivity contribution in [2.75, 3.05) is 76.4 Å². The lowest BCUT2D eigenvalue weighted by atomic mass is 10.0. The number of urea groups is 1. The first-order chi connectivity index (χ1) is 17.9. The average Bonchev–Trinajstić information content (AvgIpc) is 3.46. The third-order valence-corrected chi connectivity index (χ3v) is 7.85. The normalized spacial score (nSPS) is 22.5. The molecule has 10 heteroatoms. The summed E-state index contributed by atoms with van der Waals surface area (Å²) in [7, 11) is 4.19. The summed E-state index contributed by atoms with van der Waals surface area (Å²) in [5, 5.41) is 12.3. The average molecular weight is 501 g/mol. The van der Waals surface area contributed by atoms with Crippen LogP contribution in [-0.2, 0) is 0 Å². The summed E-state index contributed by atoms with van der Waals surface area (Å²) in [4.78, 5) is 33.4. The van der Waals surface area contributed by atoms with Gasteiger partial charge in [0.2, 0.25) is 0 Å². The zero-order valence-corrected chi connectivity index (χ0v) is 21.3. The number of carbonyl (C=O) groups is 2. The van der Waals surface area contributed by atoms with Crippen molar-refractivity contribution in [3.63, 3.8) is 0 Å². The monoisotopic (exact) mass is 500 g/mol. The van der Waals surface area contributed by atoms with Crippen LogP contribution in [0.5, 0.6) is 0 Å². The predicted octanol–water partition coefficient (Wildman–Crippen LogP) is 2.60. The summed E-state index contributed by atoms with van der Waals surface area (Å²) in [5.41, 5.74) is 10.8. The van der Waals surface area contributed by atoms with E-state index in [0.717, 1.165) is 50.4 Å². The number of hydrogen-bond acceptors (Lipinski definition) is 8. The number of ketones is 1. The van der Waals surface area contributed by atoms with Gasteiger partial charge in [0.25, 0.3) is 0 Å². The van der Waals surface area contributed by atoms with Crippen LogP contribution < -0.4 is 15.6 Å². The number of hydrogen-bond donors (Lipinski definition) is 1. The fraction of sp³-hybridized carbons (Fsp3) is 0.407. The van der Waals surface area contributed by atoms with Gasteiger partial charge in [0.05, 0.1) is 16.8 Å². The Labute approximate surface area is 216 Å². The van der Waals surface area contributed by atoms with Gasteiger partial charge in [-0.25, -0.2) is 14.8 Å². The quantitative estimate of drug-likeness (QED) is 0.693. The molecule has 0 radical (unpaired) electrons. The van der Waals surface area contributed by atoms with Gasteiger partial charge in [-0.15, -0.1) is 0 Å². The standard InChI is InChI=1S/C27H32N8O2/c1-31-10-14-33(15-11-31)19-8-6-18(7-9-19)24-23-25(30-29-24)20-4-3-5-21(22(20)26(23)36)35(27(28)37)34-16-12-32(2)13-17-34/h3-9,25H,10-17H2,1-2H3,(H2,28,37). The molecule has 192 valence electrons. The molecular formula is C27H32N8O2. The molecule has 1 atom stereocenters. The minimum absolute atomic E-state index is 0.140. The predicted molar refractivity (Wildman–Crippen MR) is 143 cm³/mol. The SMILES string of the molecule is CN1CCN(c2ccc(C3=C4C(=O)c5c(cccc5N(C(N)=O)N5CCN(C)CC5)C4N=N3)cc2)CC1. The maximum atomic E-state index is 13.9. The van der Waals surface area contributed by atoms with Crippen molar-refractivity contribution >= 4 is 28.9 Å². The molecule has 37 heavy (non-hydrogen) atoms. The Morgan fingerprint density at radius 1 is 0.919 bits per heavy atom. The summed E-state index contributed by atoms with van der Waals surface area (Å²) in [6.07, 6.45) is 0. The molecule has 10 nitrogen and oxygen atoms in total. The molecule has 2 aromatic rings. The number of hydrazine groups is 1. The zero-order valence-electron chi connectivity index (χ0n) is 21.3. The van der Waals surface area contributed by atoms with Crippen molar-refractivity contribution in [2.45, 2.75) is 6.04 Å². The third-order valence-electron chi connectivity index (χ3n) is 7.85. The fourth-order valence-electron chi connectivity index (χ4n) is 5.66. The summed E-state index contributed by atoms with van der Waals surface area (Å²) in [6, 6.07) is 12.7. The van der Waals surface area contributed by atoms with Crippen LogP contribution in [0.4, 0.5) is 16.2 Å². The van der Waals surface area contributed by atoms with Crippen molar-refractivity contribution < 1.29 is 9.59 Å². The molecule has 2 N–H and O–H groups in total. The van der Waals surface area contributed by atoms with E-state index < -0.39 is 12.1 Å². The Morgan fingerprint density at radius 2 is 1.57 bits per heavy atom. The summed E-state index contributed by atoms with van der Waals surface area (Å²) >= 11 is 0. The molecule has 6 rings (SSSR count). The molecule has 3 aliphatic heterocycles. The number of Topliss-reactive ketones (excluding diaryl/α,β-unsaturated/α-hetero) is 1. The number of amides is 2. The number of carbonyl (C=O) groups excluding carboxylic acids is 2. The van der Waals surface area contributed by atoms with Crippen LogP contribution in [-0.4, -0.2) is 93.1 Å². The van der Waals surface area contributed by atoms with Gasteiger partial charge in [-0.05, 0) is 37.9 Å². The molecule has 2 saturated heterocycles. The van der Waals surface area contributed by atoms with E-state index in [1.54, 1.807) is 6.07 Å². The highest BCUT2D eigenvalue weighted by Crippen LogP contribution is 2.49. The van der Waals surface area contributed by atoms with E-state index in [1.165, 1.54) is 10.7 Å². The second kappa shape index (κ2) is 9.37. The lowest BCUT2D eigenvalue weighted by Crippen LogP contribution is -2.56. The van der Waals surface area contributed by atoms with E-state index in [-0.39, 0.29) is 5.78 Å². The van der Waals surface area contributed by atoms with Crippen LogP contribution >= 0.6 is 0 Å². The first-order valence-corrected chi connectivity index (χ1v) is 12.8. The van der Waals surface area contributed by atoms with Crippen molar-refractivity contribution in [2.24, 2.45) is 16.0 Å². The number of nitrogens with zero attached hydrogens (tertiary/aromatic N) is 7. The van der Waals surface area contributed by atoms with Crippen molar-refractivity contribution in [1.29, 1.82) is 0 Å². The van der Waals surface area contributed by atoms with E-state index in [0.29, 0.717) is 35.6 Å². The highest BCUT2D eigenvalue weighted by atomic mass is 16.2. The van der Waals surface area contributed by atoms with Gasteiger partial charge in [-0.2, -0.15) is 10.2 Å². The number of likely N-dealkylation sites (N-methyl/N-ethyl adjacent to an activating group) is 2. The number of primary amides is 1. The fourth-order valence-corrected chi connectivity index (χ4v) is 5.66.